The van der Waals surface area contributed by atoms with Crippen molar-refractivity contribution < 1.29 is 13.9 Å². The van der Waals surface area contributed by atoms with Crippen molar-refractivity contribution >= 4 is 23.2 Å². The molecule has 0 spiro atoms. The number of hydrogen-bond acceptors (Lipinski definition) is 4. The number of rotatable bonds is 6. The Morgan fingerprint density at radius 2 is 1.88 bits per heavy atom. The molecule has 0 unspecified atom stereocenters. The minimum Gasteiger partial charge on any atom is -0.450 e. The van der Waals surface area contributed by atoms with Gasteiger partial charge >= 0.3 is 6.09 Å². The van der Waals surface area contributed by atoms with Crippen LogP contribution in [-0.2, 0) is 11.3 Å². The third-order valence-electron chi connectivity index (χ3n) is 3.40. The first kappa shape index (κ1) is 17.6. The largest absolute Gasteiger partial charge is 0.450 e. The zero-order valence-electron chi connectivity index (χ0n) is 14.1. The summed E-state index contributed by atoms with van der Waals surface area (Å²) in [5, 5.41) is 6.02. The molecule has 0 bridgehead atoms. The van der Waals surface area contributed by atoms with Crippen LogP contribution in [0, 0.1) is 5.82 Å². The molecule has 0 heterocycles. The fraction of sp³-hybridized carbons (Fsp3) is 0.278. The van der Waals surface area contributed by atoms with Crippen LogP contribution < -0.4 is 15.5 Å². The van der Waals surface area contributed by atoms with Gasteiger partial charge < -0.3 is 15.0 Å². The molecule has 6 heteroatoms. The molecular weight excluding hydrogens is 309 g/mol. The first-order valence-corrected chi connectivity index (χ1v) is 7.73. The number of ether oxygens (including phenoxy) is 1. The first-order chi connectivity index (χ1) is 11.5. The number of amides is 1. The molecule has 5 nitrogen and oxygen atoms in total. The standard InChI is InChI=1S/C18H22FN3O2/c1-4-24-18(23)21-16-10-9-15(11-17(16)22(2)3)20-12-13-5-7-14(19)8-6-13/h5-11,20H,4,12H2,1-3H3,(H,21,23). The summed E-state index contributed by atoms with van der Waals surface area (Å²) in [5.41, 5.74) is 3.41. The third-order valence-corrected chi connectivity index (χ3v) is 3.40. The lowest BCUT2D eigenvalue weighted by Gasteiger charge is -2.19. The van der Waals surface area contributed by atoms with Crippen LogP contribution in [0.25, 0.3) is 0 Å². The highest BCUT2D eigenvalue weighted by molar-refractivity contribution is 5.90. The number of benzene rings is 2. The fourth-order valence-electron chi connectivity index (χ4n) is 2.20. The highest BCUT2D eigenvalue weighted by Crippen LogP contribution is 2.28. The lowest BCUT2D eigenvalue weighted by atomic mass is 10.2. The number of anilines is 3. The summed E-state index contributed by atoms with van der Waals surface area (Å²) < 4.78 is 17.8. The highest BCUT2D eigenvalue weighted by atomic mass is 19.1. The maximum absolute atomic E-state index is 12.9. The number of carbonyl (C=O) groups is 1. The van der Waals surface area contributed by atoms with Crippen LogP contribution in [0.5, 0.6) is 0 Å². The predicted molar refractivity (Wildman–Crippen MR) is 95.1 cm³/mol. The van der Waals surface area contributed by atoms with Crippen LogP contribution in [0.1, 0.15) is 12.5 Å². The smallest absolute Gasteiger partial charge is 0.411 e. The molecule has 0 radical (unpaired) electrons. The fourth-order valence-corrected chi connectivity index (χ4v) is 2.20. The minimum absolute atomic E-state index is 0.247. The van der Waals surface area contributed by atoms with Gasteiger partial charge in [-0.05, 0) is 42.8 Å². The predicted octanol–water partition coefficient (Wildman–Crippen LogP) is 4.07. The summed E-state index contributed by atoms with van der Waals surface area (Å²) in [7, 11) is 3.80. The van der Waals surface area contributed by atoms with Crippen molar-refractivity contribution in [2.75, 3.05) is 36.2 Å². The highest BCUT2D eigenvalue weighted by Gasteiger charge is 2.10. The van der Waals surface area contributed by atoms with Gasteiger partial charge in [-0.25, -0.2) is 9.18 Å². The van der Waals surface area contributed by atoms with E-state index in [1.54, 1.807) is 19.1 Å². The quantitative estimate of drug-likeness (QED) is 0.838. The van der Waals surface area contributed by atoms with Gasteiger partial charge in [0.05, 0.1) is 18.0 Å². The van der Waals surface area contributed by atoms with E-state index in [4.69, 9.17) is 4.74 Å². The van der Waals surface area contributed by atoms with Crippen LogP contribution in [0.2, 0.25) is 0 Å². The van der Waals surface area contributed by atoms with Crippen molar-refractivity contribution in [1.82, 2.24) is 0 Å². The Morgan fingerprint density at radius 1 is 1.17 bits per heavy atom. The second-order valence-corrected chi connectivity index (χ2v) is 5.45. The molecule has 0 aromatic heterocycles. The number of nitrogens with zero attached hydrogens (tertiary/aromatic N) is 1. The van der Waals surface area contributed by atoms with Crippen molar-refractivity contribution in [3.8, 4) is 0 Å². The van der Waals surface area contributed by atoms with Gasteiger partial charge in [0.1, 0.15) is 5.82 Å². The molecule has 0 saturated carbocycles. The molecule has 2 aromatic carbocycles. The molecule has 0 aliphatic carbocycles. The van der Waals surface area contributed by atoms with E-state index in [0.29, 0.717) is 18.8 Å². The normalized spacial score (nSPS) is 10.2. The number of nitrogens with one attached hydrogen (secondary N) is 2. The lowest BCUT2D eigenvalue weighted by molar-refractivity contribution is 0.168. The van der Waals surface area contributed by atoms with Crippen LogP contribution >= 0.6 is 0 Å². The second kappa shape index (κ2) is 8.19. The molecule has 0 aliphatic rings. The van der Waals surface area contributed by atoms with Gasteiger partial charge in [0.25, 0.3) is 0 Å². The number of hydrogen-bond donors (Lipinski definition) is 2. The van der Waals surface area contributed by atoms with E-state index in [0.717, 1.165) is 16.9 Å². The van der Waals surface area contributed by atoms with Crippen LogP contribution in [0.4, 0.5) is 26.2 Å². The molecule has 0 fully saturated rings. The monoisotopic (exact) mass is 331 g/mol. The summed E-state index contributed by atoms with van der Waals surface area (Å²) in [4.78, 5) is 13.5. The van der Waals surface area contributed by atoms with E-state index in [2.05, 4.69) is 10.6 Å². The Hall–Kier alpha value is -2.76. The maximum atomic E-state index is 12.9. The zero-order valence-corrected chi connectivity index (χ0v) is 14.1. The Balaban J connectivity index is 2.09. The summed E-state index contributed by atoms with van der Waals surface area (Å²) in [6.45, 7) is 2.66. The van der Waals surface area contributed by atoms with E-state index >= 15 is 0 Å². The van der Waals surface area contributed by atoms with Crippen LogP contribution in [-0.4, -0.2) is 26.8 Å². The lowest BCUT2D eigenvalue weighted by Crippen LogP contribution is -2.17. The van der Waals surface area contributed by atoms with E-state index in [9.17, 15) is 9.18 Å². The summed E-state index contributed by atoms with van der Waals surface area (Å²) in [6, 6.07) is 12.0. The Labute approximate surface area is 141 Å². The van der Waals surface area contributed by atoms with Gasteiger partial charge in [-0.2, -0.15) is 0 Å². The molecule has 2 aromatic rings. The van der Waals surface area contributed by atoms with Gasteiger partial charge in [0.15, 0.2) is 0 Å². The van der Waals surface area contributed by atoms with Gasteiger partial charge in [-0.1, -0.05) is 12.1 Å². The van der Waals surface area contributed by atoms with Crippen molar-refractivity contribution in [3.63, 3.8) is 0 Å². The molecule has 24 heavy (non-hydrogen) atoms. The molecule has 0 aliphatic heterocycles. The molecule has 0 atom stereocenters. The molecular formula is C18H22FN3O2. The number of halogens is 1. The van der Waals surface area contributed by atoms with Gasteiger partial charge in [-0.3, -0.25) is 5.32 Å². The van der Waals surface area contributed by atoms with Crippen molar-refractivity contribution in [1.29, 1.82) is 0 Å². The molecule has 0 saturated heterocycles. The Morgan fingerprint density at radius 3 is 2.50 bits per heavy atom. The average Bonchev–Trinajstić information content (AvgIpc) is 2.55. The van der Waals surface area contributed by atoms with Gasteiger partial charge in [0.2, 0.25) is 0 Å². The van der Waals surface area contributed by atoms with Crippen LogP contribution in [0.15, 0.2) is 42.5 Å². The van der Waals surface area contributed by atoms with E-state index in [1.165, 1.54) is 12.1 Å². The minimum atomic E-state index is -0.479. The van der Waals surface area contributed by atoms with Crippen molar-refractivity contribution in [2.24, 2.45) is 0 Å². The molecule has 128 valence electrons. The zero-order chi connectivity index (χ0) is 17.5. The first-order valence-electron chi connectivity index (χ1n) is 7.73. The molecule has 2 rings (SSSR count). The van der Waals surface area contributed by atoms with Gasteiger partial charge in [-0.15, -0.1) is 0 Å². The van der Waals surface area contributed by atoms with Crippen molar-refractivity contribution in [3.05, 3.63) is 53.8 Å². The average molecular weight is 331 g/mol. The second-order valence-electron chi connectivity index (χ2n) is 5.45. The maximum Gasteiger partial charge on any atom is 0.411 e. The summed E-state index contributed by atoms with van der Waals surface area (Å²) >= 11 is 0. The number of carbonyl (C=O) groups excluding carboxylic acids is 1. The van der Waals surface area contributed by atoms with E-state index in [1.807, 2.05) is 37.2 Å². The Bertz CT molecular complexity index is 687. The topological polar surface area (TPSA) is 53.6 Å². The molecule has 1 amide bonds. The Kier molecular flexibility index (Phi) is 6.01. The summed E-state index contributed by atoms with van der Waals surface area (Å²) in [6.07, 6.45) is -0.479. The van der Waals surface area contributed by atoms with Crippen molar-refractivity contribution in [2.45, 2.75) is 13.5 Å². The molecule has 2 N–H and O–H groups in total. The third kappa shape index (κ3) is 4.87. The van der Waals surface area contributed by atoms with Gasteiger partial charge in [0, 0.05) is 26.3 Å². The van der Waals surface area contributed by atoms with Crippen LogP contribution in [0.3, 0.4) is 0 Å². The van der Waals surface area contributed by atoms with E-state index < -0.39 is 6.09 Å². The van der Waals surface area contributed by atoms with E-state index in [-0.39, 0.29) is 5.82 Å². The summed E-state index contributed by atoms with van der Waals surface area (Å²) in [5.74, 6) is -0.247. The SMILES string of the molecule is CCOC(=O)Nc1ccc(NCc2ccc(F)cc2)cc1N(C)C.